The van der Waals surface area contributed by atoms with Gasteiger partial charge in [0, 0.05) is 26.2 Å². The van der Waals surface area contributed by atoms with E-state index < -0.39 is 0 Å². The summed E-state index contributed by atoms with van der Waals surface area (Å²) in [6.45, 7) is 13.3. The van der Waals surface area contributed by atoms with Crippen molar-refractivity contribution in [2.24, 2.45) is 16.8 Å². The van der Waals surface area contributed by atoms with Crippen LogP contribution in [-0.2, 0) is 0 Å². The number of unbranched alkanes of at least 4 members (excludes halogenated alkanes) is 1. The molecular formula is C19H40N4O. The van der Waals surface area contributed by atoms with Gasteiger partial charge >= 0.3 is 0 Å². The fourth-order valence-electron chi connectivity index (χ4n) is 3.37. The predicted octanol–water partition coefficient (Wildman–Crippen LogP) is 2.46. The molecule has 0 amide bonds. The highest BCUT2D eigenvalue weighted by molar-refractivity contribution is 5.79. The van der Waals surface area contributed by atoms with Crippen LogP contribution in [0.1, 0.15) is 59.3 Å². The van der Waals surface area contributed by atoms with E-state index in [4.69, 9.17) is 4.99 Å². The quantitative estimate of drug-likeness (QED) is 0.290. The molecule has 0 aromatic heterocycles. The highest BCUT2D eigenvalue weighted by Crippen LogP contribution is 2.15. The van der Waals surface area contributed by atoms with E-state index in [9.17, 15) is 5.11 Å². The van der Waals surface area contributed by atoms with Gasteiger partial charge in [0.15, 0.2) is 5.96 Å². The normalized spacial score (nSPS) is 17.5. The number of likely N-dealkylation sites (tertiary alicyclic amines) is 1. The van der Waals surface area contributed by atoms with E-state index in [0.29, 0.717) is 11.8 Å². The van der Waals surface area contributed by atoms with Gasteiger partial charge in [0.2, 0.25) is 0 Å². The Morgan fingerprint density at radius 2 is 1.92 bits per heavy atom. The lowest BCUT2D eigenvalue weighted by molar-refractivity contribution is 0.245. The van der Waals surface area contributed by atoms with Gasteiger partial charge in [0.1, 0.15) is 0 Å². The van der Waals surface area contributed by atoms with Gasteiger partial charge in [-0.05, 0) is 76.9 Å². The predicted molar refractivity (Wildman–Crippen MR) is 104 cm³/mol. The van der Waals surface area contributed by atoms with Crippen molar-refractivity contribution in [1.29, 1.82) is 0 Å². The van der Waals surface area contributed by atoms with Gasteiger partial charge in [0.25, 0.3) is 0 Å². The minimum absolute atomic E-state index is 0.257. The number of rotatable bonds is 12. The van der Waals surface area contributed by atoms with Gasteiger partial charge in [0.05, 0.1) is 0 Å². The molecular weight excluding hydrogens is 300 g/mol. The number of aliphatic imine (C=N–C) groups is 1. The van der Waals surface area contributed by atoms with Crippen molar-refractivity contribution in [3.05, 3.63) is 0 Å². The molecule has 1 rings (SSSR count). The van der Waals surface area contributed by atoms with Crippen molar-refractivity contribution >= 4 is 5.96 Å². The molecule has 1 fully saturated rings. The maximum atomic E-state index is 9.22. The van der Waals surface area contributed by atoms with Gasteiger partial charge in [-0.2, -0.15) is 0 Å². The zero-order valence-electron chi connectivity index (χ0n) is 16.2. The summed E-state index contributed by atoms with van der Waals surface area (Å²) in [6, 6.07) is 0. The van der Waals surface area contributed by atoms with Crippen LogP contribution in [0.15, 0.2) is 4.99 Å². The molecule has 1 atom stereocenters. The zero-order valence-corrected chi connectivity index (χ0v) is 16.2. The van der Waals surface area contributed by atoms with E-state index in [2.05, 4.69) is 36.3 Å². The van der Waals surface area contributed by atoms with Crippen LogP contribution >= 0.6 is 0 Å². The molecule has 142 valence electrons. The standard InChI is InChI=1S/C19H40N4O/c1-4-20-19(22-16-18(9-14-24)15-17(2)3)21-10-5-6-11-23-12-7-8-13-23/h17-18,24H,4-16H2,1-3H3,(H2,20,21,22). The second-order valence-corrected chi connectivity index (χ2v) is 7.41. The van der Waals surface area contributed by atoms with E-state index >= 15 is 0 Å². The number of nitrogens with zero attached hydrogens (tertiary/aromatic N) is 2. The summed E-state index contributed by atoms with van der Waals surface area (Å²) in [7, 11) is 0. The van der Waals surface area contributed by atoms with Gasteiger partial charge in [-0.1, -0.05) is 13.8 Å². The van der Waals surface area contributed by atoms with Crippen LogP contribution in [0.2, 0.25) is 0 Å². The lowest BCUT2D eigenvalue weighted by Crippen LogP contribution is -2.38. The number of aliphatic hydroxyl groups excluding tert-OH is 1. The highest BCUT2D eigenvalue weighted by atomic mass is 16.3. The third-order valence-electron chi connectivity index (χ3n) is 4.59. The summed E-state index contributed by atoms with van der Waals surface area (Å²) < 4.78 is 0. The van der Waals surface area contributed by atoms with E-state index in [1.54, 1.807) is 0 Å². The molecule has 1 aliphatic heterocycles. The Hall–Kier alpha value is -0.810. The smallest absolute Gasteiger partial charge is 0.191 e. The fraction of sp³-hybridized carbons (Fsp3) is 0.947. The van der Waals surface area contributed by atoms with Crippen molar-refractivity contribution in [2.45, 2.75) is 59.3 Å². The third kappa shape index (κ3) is 10.1. The van der Waals surface area contributed by atoms with Gasteiger partial charge in [-0.15, -0.1) is 0 Å². The van der Waals surface area contributed by atoms with E-state index in [-0.39, 0.29) is 6.61 Å². The van der Waals surface area contributed by atoms with Crippen LogP contribution in [0.5, 0.6) is 0 Å². The minimum Gasteiger partial charge on any atom is -0.396 e. The number of nitrogens with one attached hydrogen (secondary N) is 2. The summed E-state index contributed by atoms with van der Waals surface area (Å²) >= 11 is 0. The summed E-state index contributed by atoms with van der Waals surface area (Å²) in [5, 5.41) is 16.0. The highest BCUT2D eigenvalue weighted by Gasteiger charge is 2.11. The molecule has 1 unspecified atom stereocenters. The van der Waals surface area contributed by atoms with Crippen molar-refractivity contribution in [3.8, 4) is 0 Å². The van der Waals surface area contributed by atoms with Crippen molar-refractivity contribution in [2.75, 3.05) is 45.9 Å². The lowest BCUT2D eigenvalue weighted by atomic mass is 9.94. The summed E-state index contributed by atoms with van der Waals surface area (Å²) in [5.74, 6) is 2.05. The van der Waals surface area contributed by atoms with Gasteiger partial charge in [-0.25, -0.2) is 0 Å². The molecule has 5 nitrogen and oxygen atoms in total. The van der Waals surface area contributed by atoms with Crippen LogP contribution in [0, 0.1) is 11.8 Å². The first-order chi connectivity index (χ1) is 11.7. The molecule has 0 bridgehead atoms. The second-order valence-electron chi connectivity index (χ2n) is 7.41. The van der Waals surface area contributed by atoms with Crippen LogP contribution in [-0.4, -0.2) is 61.8 Å². The van der Waals surface area contributed by atoms with E-state index in [0.717, 1.165) is 38.4 Å². The molecule has 1 aliphatic rings. The van der Waals surface area contributed by atoms with Crippen LogP contribution in [0.4, 0.5) is 0 Å². The van der Waals surface area contributed by atoms with Crippen LogP contribution in [0.3, 0.4) is 0 Å². The Balaban J connectivity index is 2.26. The summed E-state index contributed by atoms with van der Waals surface area (Å²) in [5.41, 5.74) is 0. The molecule has 0 aromatic rings. The van der Waals surface area contributed by atoms with E-state index in [1.807, 2.05) is 0 Å². The molecule has 1 heterocycles. The molecule has 0 aromatic carbocycles. The average molecular weight is 341 g/mol. The number of hydrogen-bond acceptors (Lipinski definition) is 3. The second kappa shape index (κ2) is 13.5. The van der Waals surface area contributed by atoms with Gasteiger partial charge in [-0.3, -0.25) is 4.99 Å². The Bertz CT molecular complexity index is 327. The first-order valence-electron chi connectivity index (χ1n) is 10.0. The molecule has 0 radical (unpaired) electrons. The maximum absolute atomic E-state index is 9.22. The number of aliphatic hydroxyl groups is 1. The van der Waals surface area contributed by atoms with Crippen LogP contribution < -0.4 is 10.6 Å². The first-order valence-corrected chi connectivity index (χ1v) is 10.0. The van der Waals surface area contributed by atoms with E-state index in [1.165, 1.54) is 45.3 Å². The Morgan fingerprint density at radius 1 is 1.17 bits per heavy atom. The number of guanidine groups is 1. The average Bonchev–Trinajstić information content (AvgIpc) is 3.05. The van der Waals surface area contributed by atoms with Crippen molar-refractivity contribution < 1.29 is 5.11 Å². The molecule has 5 heteroatoms. The molecule has 0 saturated carbocycles. The Labute approximate surface area is 149 Å². The SMILES string of the molecule is CCNC(=NCC(CCO)CC(C)C)NCCCCN1CCCC1. The summed E-state index contributed by atoms with van der Waals surface area (Å²) in [4.78, 5) is 7.31. The zero-order chi connectivity index (χ0) is 17.6. The van der Waals surface area contributed by atoms with Crippen molar-refractivity contribution in [3.63, 3.8) is 0 Å². The largest absolute Gasteiger partial charge is 0.396 e. The molecule has 24 heavy (non-hydrogen) atoms. The topological polar surface area (TPSA) is 59.9 Å². The van der Waals surface area contributed by atoms with Crippen molar-refractivity contribution in [1.82, 2.24) is 15.5 Å². The monoisotopic (exact) mass is 340 g/mol. The molecule has 3 N–H and O–H groups in total. The fourth-order valence-corrected chi connectivity index (χ4v) is 3.37. The Morgan fingerprint density at radius 3 is 2.54 bits per heavy atom. The number of hydrogen-bond donors (Lipinski definition) is 3. The lowest BCUT2D eigenvalue weighted by Gasteiger charge is -2.18. The molecule has 0 spiro atoms. The Kier molecular flexibility index (Phi) is 11.9. The summed E-state index contributed by atoms with van der Waals surface area (Å²) in [6.07, 6.45) is 7.16. The molecule has 1 saturated heterocycles. The third-order valence-corrected chi connectivity index (χ3v) is 4.59. The first kappa shape index (κ1) is 21.2. The maximum Gasteiger partial charge on any atom is 0.191 e. The van der Waals surface area contributed by atoms with Crippen LogP contribution in [0.25, 0.3) is 0 Å². The van der Waals surface area contributed by atoms with Gasteiger partial charge < -0.3 is 20.6 Å². The minimum atomic E-state index is 0.257. The molecule has 0 aliphatic carbocycles.